The number of aromatic carboxylic acids is 1. The summed E-state index contributed by atoms with van der Waals surface area (Å²) in [6, 6.07) is 6.20. The predicted octanol–water partition coefficient (Wildman–Crippen LogP) is 2.52. The van der Waals surface area contributed by atoms with E-state index in [1.54, 1.807) is 12.1 Å². The zero-order valence-electron chi connectivity index (χ0n) is 13.9. The third kappa shape index (κ3) is 5.23. The largest absolute Gasteiger partial charge is 0.478 e. The first kappa shape index (κ1) is 18.3. The highest BCUT2D eigenvalue weighted by Gasteiger charge is 2.31. The third-order valence-electron chi connectivity index (χ3n) is 4.83. The Hall–Kier alpha value is -2.08. The van der Waals surface area contributed by atoms with Gasteiger partial charge in [-0.15, -0.1) is 0 Å². The summed E-state index contributed by atoms with van der Waals surface area (Å²) in [6.45, 7) is 1.08. The van der Waals surface area contributed by atoms with Gasteiger partial charge in [0.25, 0.3) is 0 Å². The molecular formula is C18H26N2O4. The standard InChI is InChI=1S/C18H26N2O4/c21-11-10-18(8-2-1-3-9-18)13-20-17(24)19-12-14-4-6-15(7-5-14)16(22)23/h4-7,21H,1-3,8-13H2,(H,22,23)(H2,19,20,24). The van der Waals surface area contributed by atoms with Crippen LogP contribution in [-0.2, 0) is 6.54 Å². The normalized spacial score (nSPS) is 16.4. The molecule has 1 fully saturated rings. The number of benzene rings is 1. The van der Waals surface area contributed by atoms with Crippen LogP contribution in [0.5, 0.6) is 0 Å². The summed E-state index contributed by atoms with van der Waals surface area (Å²) >= 11 is 0. The number of carbonyl (C=O) groups is 2. The van der Waals surface area contributed by atoms with Crippen LogP contribution in [0.1, 0.15) is 54.4 Å². The fourth-order valence-corrected chi connectivity index (χ4v) is 3.33. The lowest BCUT2D eigenvalue weighted by molar-refractivity contribution is 0.0697. The zero-order valence-corrected chi connectivity index (χ0v) is 13.9. The molecule has 1 aliphatic carbocycles. The molecule has 132 valence electrons. The van der Waals surface area contributed by atoms with Gasteiger partial charge in [-0.25, -0.2) is 9.59 Å². The number of carboxylic acid groups (broad SMARTS) is 1. The van der Waals surface area contributed by atoms with Gasteiger partial charge >= 0.3 is 12.0 Å². The van der Waals surface area contributed by atoms with Gasteiger partial charge in [0.15, 0.2) is 0 Å². The molecule has 0 spiro atoms. The number of nitrogens with one attached hydrogen (secondary N) is 2. The van der Waals surface area contributed by atoms with Crippen molar-refractivity contribution in [1.82, 2.24) is 10.6 Å². The average molecular weight is 334 g/mol. The van der Waals surface area contributed by atoms with Gasteiger partial charge in [0.05, 0.1) is 5.56 Å². The number of urea groups is 1. The van der Waals surface area contributed by atoms with Crippen molar-refractivity contribution in [2.75, 3.05) is 13.2 Å². The Bertz CT molecular complexity index is 545. The SMILES string of the molecule is O=C(NCc1ccc(C(=O)O)cc1)NCC1(CCO)CCCCC1. The molecule has 0 unspecified atom stereocenters. The lowest BCUT2D eigenvalue weighted by Crippen LogP contribution is -2.43. The van der Waals surface area contributed by atoms with Crippen molar-refractivity contribution in [1.29, 1.82) is 0 Å². The topological polar surface area (TPSA) is 98.7 Å². The summed E-state index contributed by atoms with van der Waals surface area (Å²) in [7, 11) is 0. The lowest BCUT2D eigenvalue weighted by atomic mass is 9.72. The Labute approximate surface area is 142 Å². The third-order valence-corrected chi connectivity index (χ3v) is 4.83. The molecule has 0 atom stereocenters. The monoisotopic (exact) mass is 334 g/mol. The molecule has 24 heavy (non-hydrogen) atoms. The molecule has 6 heteroatoms. The number of rotatable bonds is 7. The van der Waals surface area contributed by atoms with Crippen LogP contribution in [0, 0.1) is 5.41 Å². The summed E-state index contributed by atoms with van der Waals surface area (Å²) in [4.78, 5) is 22.8. The Kier molecular flexibility index (Phi) is 6.61. The predicted molar refractivity (Wildman–Crippen MR) is 90.9 cm³/mol. The van der Waals surface area contributed by atoms with Crippen molar-refractivity contribution < 1.29 is 19.8 Å². The minimum Gasteiger partial charge on any atom is -0.478 e. The molecule has 4 N–H and O–H groups in total. The number of carbonyl (C=O) groups excluding carboxylic acids is 1. The van der Waals surface area contributed by atoms with Gasteiger partial charge in [0.2, 0.25) is 0 Å². The molecule has 6 nitrogen and oxygen atoms in total. The summed E-state index contributed by atoms with van der Waals surface area (Å²) in [5.74, 6) is -0.964. The van der Waals surface area contributed by atoms with Crippen molar-refractivity contribution in [3.63, 3.8) is 0 Å². The minimum absolute atomic E-state index is 0.0213. The summed E-state index contributed by atoms with van der Waals surface area (Å²) < 4.78 is 0. The average Bonchev–Trinajstić information content (AvgIpc) is 2.60. The van der Waals surface area contributed by atoms with Gasteiger partial charge in [-0.05, 0) is 42.4 Å². The van der Waals surface area contributed by atoms with Gasteiger partial charge < -0.3 is 20.8 Å². The highest BCUT2D eigenvalue weighted by Crippen LogP contribution is 2.38. The van der Waals surface area contributed by atoms with E-state index in [4.69, 9.17) is 5.11 Å². The maximum Gasteiger partial charge on any atom is 0.335 e. The molecule has 2 amide bonds. The highest BCUT2D eigenvalue weighted by molar-refractivity contribution is 5.87. The fraction of sp³-hybridized carbons (Fsp3) is 0.556. The van der Waals surface area contributed by atoms with E-state index in [-0.39, 0.29) is 23.6 Å². The first-order valence-corrected chi connectivity index (χ1v) is 8.49. The maximum atomic E-state index is 12.0. The van der Waals surface area contributed by atoms with E-state index in [2.05, 4.69) is 10.6 Å². The van der Waals surface area contributed by atoms with Crippen LogP contribution in [0.3, 0.4) is 0 Å². The molecule has 1 aliphatic rings. The first-order valence-electron chi connectivity index (χ1n) is 8.49. The number of aliphatic hydroxyl groups excluding tert-OH is 1. The van der Waals surface area contributed by atoms with E-state index in [1.165, 1.54) is 18.6 Å². The number of carboxylic acids is 1. The van der Waals surface area contributed by atoms with Gasteiger partial charge in [0.1, 0.15) is 0 Å². The first-order chi connectivity index (χ1) is 11.5. The van der Waals surface area contributed by atoms with Crippen molar-refractivity contribution >= 4 is 12.0 Å². The maximum absolute atomic E-state index is 12.0. The smallest absolute Gasteiger partial charge is 0.335 e. The second-order valence-electron chi connectivity index (χ2n) is 6.57. The molecule has 0 aliphatic heterocycles. The van der Waals surface area contributed by atoms with Crippen LogP contribution < -0.4 is 10.6 Å². The molecule has 1 aromatic rings. The van der Waals surface area contributed by atoms with Crippen LogP contribution in [0.4, 0.5) is 4.79 Å². The van der Waals surface area contributed by atoms with Crippen LogP contribution in [0.25, 0.3) is 0 Å². The van der Waals surface area contributed by atoms with Crippen molar-refractivity contribution in [2.45, 2.75) is 45.1 Å². The van der Waals surface area contributed by atoms with E-state index in [0.29, 0.717) is 13.1 Å². The molecule has 0 heterocycles. The second kappa shape index (κ2) is 8.68. The van der Waals surface area contributed by atoms with Crippen molar-refractivity contribution in [3.05, 3.63) is 35.4 Å². The van der Waals surface area contributed by atoms with E-state index in [0.717, 1.165) is 37.7 Å². The van der Waals surface area contributed by atoms with Crippen LogP contribution in [0.15, 0.2) is 24.3 Å². The Morgan fingerprint density at radius 2 is 1.71 bits per heavy atom. The molecule has 1 saturated carbocycles. The summed E-state index contributed by atoms with van der Waals surface area (Å²) in [5.41, 5.74) is 1.09. The number of hydrogen-bond donors (Lipinski definition) is 4. The Balaban J connectivity index is 1.78. The quantitative estimate of drug-likeness (QED) is 0.616. The van der Waals surface area contributed by atoms with Crippen LogP contribution in [0.2, 0.25) is 0 Å². The van der Waals surface area contributed by atoms with Crippen molar-refractivity contribution in [2.24, 2.45) is 5.41 Å². The van der Waals surface area contributed by atoms with E-state index in [9.17, 15) is 14.7 Å². The van der Waals surface area contributed by atoms with Crippen LogP contribution in [-0.4, -0.2) is 35.4 Å². The van der Waals surface area contributed by atoms with Gasteiger partial charge in [-0.2, -0.15) is 0 Å². The molecule has 0 saturated heterocycles. The van der Waals surface area contributed by atoms with Gasteiger partial charge in [0, 0.05) is 19.7 Å². The molecule has 1 aromatic carbocycles. The molecule has 0 bridgehead atoms. The number of amides is 2. The van der Waals surface area contributed by atoms with E-state index >= 15 is 0 Å². The Morgan fingerprint density at radius 3 is 2.29 bits per heavy atom. The van der Waals surface area contributed by atoms with Crippen LogP contribution >= 0.6 is 0 Å². The summed E-state index contributed by atoms with van der Waals surface area (Å²) in [5, 5.41) is 23.9. The number of aliphatic hydroxyl groups is 1. The van der Waals surface area contributed by atoms with Gasteiger partial charge in [-0.1, -0.05) is 31.4 Å². The fourth-order valence-electron chi connectivity index (χ4n) is 3.33. The minimum atomic E-state index is -0.964. The highest BCUT2D eigenvalue weighted by atomic mass is 16.4. The van der Waals surface area contributed by atoms with E-state index in [1.807, 2.05) is 0 Å². The molecule has 0 radical (unpaired) electrons. The summed E-state index contributed by atoms with van der Waals surface area (Å²) in [6.07, 6.45) is 6.35. The number of hydrogen-bond acceptors (Lipinski definition) is 3. The molecule has 0 aromatic heterocycles. The lowest BCUT2D eigenvalue weighted by Gasteiger charge is -2.37. The molecule has 2 rings (SSSR count). The second-order valence-corrected chi connectivity index (χ2v) is 6.57. The molecular weight excluding hydrogens is 308 g/mol. The van der Waals surface area contributed by atoms with Crippen molar-refractivity contribution in [3.8, 4) is 0 Å². The van der Waals surface area contributed by atoms with E-state index < -0.39 is 5.97 Å². The zero-order chi connectivity index (χ0) is 17.4. The Morgan fingerprint density at radius 1 is 1.04 bits per heavy atom. The van der Waals surface area contributed by atoms with Gasteiger partial charge in [-0.3, -0.25) is 0 Å².